The maximum atomic E-state index is 13.5. The highest BCUT2D eigenvalue weighted by molar-refractivity contribution is 7.05. The van der Waals surface area contributed by atoms with Crippen LogP contribution in [0, 0.1) is 11.6 Å². The van der Waals surface area contributed by atoms with Crippen LogP contribution in [0.2, 0.25) is 0 Å². The largest absolute Gasteiger partial charge is 0.315 e. The zero-order valence-electron chi connectivity index (χ0n) is 8.50. The minimum atomic E-state index is -0.494. The summed E-state index contributed by atoms with van der Waals surface area (Å²) in [6, 6.07) is 3.30. The van der Waals surface area contributed by atoms with Crippen molar-refractivity contribution in [1.29, 1.82) is 0 Å². The Morgan fingerprint density at radius 1 is 1.38 bits per heavy atom. The van der Waals surface area contributed by atoms with Gasteiger partial charge in [-0.2, -0.15) is 0 Å². The summed E-state index contributed by atoms with van der Waals surface area (Å²) < 4.78 is 30.3. The van der Waals surface area contributed by atoms with E-state index in [2.05, 4.69) is 14.9 Å². The van der Waals surface area contributed by atoms with Gasteiger partial charge >= 0.3 is 0 Å². The highest BCUT2D eigenvalue weighted by Gasteiger charge is 2.14. The van der Waals surface area contributed by atoms with E-state index in [1.807, 2.05) is 0 Å². The average molecular weight is 241 g/mol. The number of hydrogen-bond acceptors (Lipinski definition) is 4. The molecule has 1 heterocycles. The Kier molecular flexibility index (Phi) is 3.21. The predicted octanol–water partition coefficient (Wildman–Crippen LogP) is 2.20. The van der Waals surface area contributed by atoms with Gasteiger partial charge in [0.2, 0.25) is 0 Å². The van der Waals surface area contributed by atoms with Gasteiger partial charge in [0.25, 0.3) is 0 Å². The molecule has 2 rings (SSSR count). The van der Waals surface area contributed by atoms with Gasteiger partial charge in [-0.1, -0.05) is 4.49 Å². The first kappa shape index (κ1) is 11.1. The van der Waals surface area contributed by atoms with Crippen molar-refractivity contribution in [3.05, 3.63) is 34.7 Å². The van der Waals surface area contributed by atoms with Crippen LogP contribution in [-0.2, 0) is 6.54 Å². The zero-order valence-corrected chi connectivity index (χ0v) is 9.31. The van der Waals surface area contributed by atoms with Gasteiger partial charge in [0, 0.05) is 12.1 Å². The molecule has 0 aliphatic carbocycles. The van der Waals surface area contributed by atoms with Gasteiger partial charge in [-0.3, -0.25) is 0 Å². The molecule has 0 spiro atoms. The van der Waals surface area contributed by atoms with Gasteiger partial charge in [0.15, 0.2) is 0 Å². The van der Waals surface area contributed by atoms with Crippen molar-refractivity contribution in [2.24, 2.45) is 0 Å². The van der Waals surface area contributed by atoms with Crippen molar-refractivity contribution in [1.82, 2.24) is 14.9 Å². The van der Waals surface area contributed by atoms with E-state index in [1.54, 1.807) is 7.05 Å². The van der Waals surface area contributed by atoms with Gasteiger partial charge in [-0.25, -0.2) is 8.78 Å². The number of rotatable bonds is 3. The van der Waals surface area contributed by atoms with E-state index in [0.717, 1.165) is 23.1 Å². The molecule has 0 aliphatic rings. The molecule has 16 heavy (non-hydrogen) atoms. The Morgan fingerprint density at radius 3 is 2.94 bits per heavy atom. The monoisotopic (exact) mass is 241 g/mol. The molecule has 0 unspecified atom stereocenters. The van der Waals surface area contributed by atoms with Crippen LogP contribution in [0.5, 0.6) is 0 Å². The summed E-state index contributed by atoms with van der Waals surface area (Å²) >= 11 is 1.17. The van der Waals surface area contributed by atoms with Crippen molar-refractivity contribution >= 4 is 11.5 Å². The number of aromatic nitrogens is 2. The van der Waals surface area contributed by atoms with Gasteiger partial charge in [0.05, 0.1) is 4.88 Å². The summed E-state index contributed by atoms with van der Waals surface area (Å²) in [4.78, 5) is 0.784. The van der Waals surface area contributed by atoms with E-state index < -0.39 is 11.6 Å². The summed E-state index contributed by atoms with van der Waals surface area (Å²) in [5.41, 5.74) is 0.551. The number of hydrogen-bond donors (Lipinski definition) is 1. The molecule has 3 nitrogen and oxygen atoms in total. The molecule has 84 valence electrons. The molecule has 6 heteroatoms. The predicted molar refractivity (Wildman–Crippen MR) is 58.0 cm³/mol. The third kappa shape index (κ3) is 2.07. The molecular weight excluding hydrogens is 232 g/mol. The molecule has 0 aliphatic heterocycles. The summed E-state index contributed by atoms with van der Waals surface area (Å²) in [5, 5.41) is 6.76. The molecule has 1 aromatic carbocycles. The van der Waals surface area contributed by atoms with Crippen LogP contribution >= 0.6 is 11.5 Å². The van der Waals surface area contributed by atoms with Crippen molar-refractivity contribution in [3.63, 3.8) is 0 Å². The van der Waals surface area contributed by atoms with E-state index in [1.165, 1.54) is 11.5 Å². The second kappa shape index (κ2) is 4.63. The van der Waals surface area contributed by atoms with Gasteiger partial charge < -0.3 is 5.32 Å². The fourth-order valence-electron chi connectivity index (χ4n) is 1.37. The van der Waals surface area contributed by atoms with Crippen LogP contribution in [0.1, 0.15) is 4.88 Å². The molecule has 2 aromatic rings. The van der Waals surface area contributed by atoms with Crippen LogP contribution in [0.15, 0.2) is 18.2 Å². The standard InChI is InChI=1S/C10H9F2N3S/c1-13-5-9-10(14-15-16-9)7-4-6(11)2-3-8(7)12/h2-4,13H,5H2,1H3. The molecule has 0 fully saturated rings. The summed E-state index contributed by atoms with van der Waals surface area (Å²) in [5.74, 6) is -0.980. The molecule has 0 amide bonds. The minimum absolute atomic E-state index is 0.152. The van der Waals surface area contributed by atoms with Gasteiger partial charge in [0.1, 0.15) is 17.3 Å². The summed E-state index contributed by atoms with van der Waals surface area (Å²) in [7, 11) is 1.77. The molecule has 0 atom stereocenters. The van der Waals surface area contributed by atoms with Crippen LogP contribution in [0.4, 0.5) is 8.78 Å². The lowest BCUT2D eigenvalue weighted by Gasteiger charge is -2.02. The number of halogens is 2. The Labute approximate surface area is 95.3 Å². The third-order valence-electron chi connectivity index (χ3n) is 2.08. The Morgan fingerprint density at radius 2 is 2.19 bits per heavy atom. The fraction of sp³-hybridized carbons (Fsp3) is 0.200. The minimum Gasteiger partial charge on any atom is -0.315 e. The Balaban J connectivity index is 2.49. The van der Waals surface area contributed by atoms with Crippen molar-refractivity contribution in [3.8, 4) is 11.3 Å². The molecule has 1 N–H and O–H groups in total. The lowest BCUT2D eigenvalue weighted by atomic mass is 10.1. The van der Waals surface area contributed by atoms with E-state index in [9.17, 15) is 8.78 Å². The van der Waals surface area contributed by atoms with E-state index in [-0.39, 0.29) is 5.56 Å². The SMILES string of the molecule is CNCc1snnc1-c1cc(F)ccc1F. The van der Waals surface area contributed by atoms with E-state index >= 15 is 0 Å². The van der Waals surface area contributed by atoms with Crippen LogP contribution in [-0.4, -0.2) is 16.6 Å². The second-order valence-corrected chi connectivity index (χ2v) is 4.04. The van der Waals surface area contributed by atoms with Crippen LogP contribution in [0.25, 0.3) is 11.3 Å². The van der Waals surface area contributed by atoms with Gasteiger partial charge in [-0.05, 0) is 36.8 Å². The normalized spacial score (nSPS) is 10.7. The molecule has 0 saturated heterocycles. The number of nitrogens with zero attached hydrogens (tertiary/aromatic N) is 2. The smallest absolute Gasteiger partial charge is 0.132 e. The van der Waals surface area contributed by atoms with Crippen LogP contribution < -0.4 is 5.32 Å². The maximum Gasteiger partial charge on any atom is 0.132 e. The Hall–Kier alpha value is -1.40. The van der Waals surface area contributed by atoms with Crippen molar-refractivity contribution in [2.75, 3.05) is 7.05 Å². The van der Waals surface area contributed by atoms with E-state index in [0.29, 0.717) is 12.2 Å². The first-order valence-electron chi connectivity index (χ1n) is 4.63. The van der Waals surface area contributed by atoms with Crippen molar-refractivity contribution in [2.45, 2.75) is 6.54 Å². The number of nitrogens with one attached hydrogen (secondary N) is 1. The fourth-order valence-corrected chi connectivity index (χ4v) is 2.04. The lowest BCUT2D eigenvalue weighted by Crippen LogP contribution is -2.04. The van der Waals surface area contributed by atoms with Gasteiger partial charge in [-0.15, -0.1) is 5.10 Å². The molecular formula is C10H9F2N3S. The Bertz CT molecular complexity index is 499. The quantitative estimate of drug-likeness (QED) is 0.895. The van der Waals surface area contributed by atoms with Crippen LogP contribution in [0.3, 0.4) is 0 Å². The third-order valence-corrected chi connectivity index (χ3v) is 2.80. The topological polar surface area (TPSA) is 37.8 Å². The molecule has 0 bridgehead atoms. The van der Waals surface area contributed by atoms with E-state index in [4.69, 9.17) is 0 Å². The summed E-state index contributed by atoms with van der Waals surface area (Å²) in [6.07, 6.45) is 0. The maximum absolute atomic E-state index is 13.5. The lowest BCUT2D eigenvalue weighted by molar-refractivity contribution is 0.602. The molecule has 1 aromatic heterocycles. The molecule has 0 saturated carbocycles. The number of benzene rings is 1. The first-order valence-corrected chi connectivity index (χ1v) is 5.41. The second-order valence-electron chi connectivity index (χ2n) is 3.20. The highest BCUT2D eigenvalue weighted by Crippen LogP contribution is 2.26. The molecule has 0 radical (unpaired) electrons. The summed E-state index contributed by atoms with van der Waals surface area (Å²) in [6.45, 7) is 0.531. The average Bonchev–Trinajstić information content (AvgIpc) is 2.70. The highest BCUT2D eigenvalue weighted by atomic mass is 32.1. The zero-order chi connectivity index (χ0) is 11.5. The first-order chi connectivity index (χ1) is 7.72. The van der Waals surface area contributed by atoms with Crippen molar-refractivity contribution < 1.29 is 8.78 Å².